The van der Waals surface area contributed by atoms with Gasteiger partial charge in [-0.15, -0.1) is 0 Å². The zero-order chi connectivity index (χ0) is 19.6. The number of rotatable bonds is 5. The number of hydrogen-bond acceptors (Lipinski definition) is 5. The number of morpholine rings is 1. The van der Waals surface area contributed by atoms with E-state index in [2.05, 4.69) is 9.62 Å². The summed E-state index contributed by atoms with van der Waals surface area (Å²) in [5, 5.41) is 0. The minimum Gasteiger partial charge on any atom is -0.495 e. The van der Waals surface area contributed by atoms with Gasteiger partial charge in [-0.1, -0.05) is 6.07 Å². The molecule has 0 unspecified atom stereocenters. The summed E-state index contributed by atoms with van der Waals surface area (Å²) in [6, 6.07) is 9.22. The van der Waals surface area contributed by atoms with Crippen molar-refractivity contribution in [3.05, 3.63) is 47.0 Å². The Balaban J connectivity index is 1.95. The second kappa shape index (κ2) is 7.78. The number of hydrogen-bond donors (Lipinski definition) is 1. The highest BCUT2D eigenvalue weighted by atomic mass is 32.2. The lowest BCUT2D eigenvalue weighted by Crippen LogP contribution is -2.36. The highest BCUT2D eigenvalue weighted by molar-refractivity contribution is 7.92. The highest BCUT2D eigenvalue weighted by Gasteiger charge is 2.22. The summed E-state index contributed by atoms with van der Waals surface area (Å²) >= 11 is 0. The lowest BCUT2D eigenvalue weighted by atomic mass is 10.1. The fourth-order valence-electron chi connectivity index (χ4n) is 3.07. The molecule has 1 saturated heterocycles. The molecular formula is C20H26N2O4S. The molecule has 7 heteroatoms. The van der Waals surface area contributed by atoms with E-state index in [1.54, 1.807) is 12.1 Å². The van der Waals surface area contributed by atoms with E-state index in [1.807, 2.05) is 39.0 Å². The predicted octanol–water partition coefficient (Wildman–Crippen LogP) is 3.26. The molecule has 1 aliphatic rings. The Morgan fingerprint density at radius 1 is 1.00 bits per heavy atom. The molecule has 0 aliphatic carbocycles. The molecule has 146 valence electrons. The van der Waals surface area contributed by atoms with Crippen LogP contribution in [-0.4, -0.2) is 41.8 Å². The molecule has 0 aromatic heterocycles. The molecule has 3 rings (SSSR count). The number of anilines is 2. The van der Waals surface area contributed by atoms with Crippen LogP contribution in [0.1, 0.15) is 16.7 Å². The van der Waals surface area contributed by atoms with E-state index in [0.717, 1.165) is 35.5 Å². The molecule has 0 amide bonds. The topological polar surface area (TPSA) is 67.9 Å². The summed E-state index contributed by atoms with van der Waals surface area (Å²) in [5.74, 6) is 0.340. The molecule has 0 bridgehead atoms. The first-order chi connectivity index (χ1) is 12.8. The van der Waals surface area contributed by atoms with Crippen molar-refractivity contribution in [3.63, 3.8) is 0 Å². The van der Waals surface area contributed by atoms with E-state index in [1.165, 1.54) is 7.11 Å². The Kier molecular flexibility index (Phi) is 5.62. The van der Waals surface area contributed by atoms with Gasteiger partial charge in [-0.25, -0.2) is 8.42 Å². The Morgan fingerprint density at radius 3 is 2.33 bits per heavy atom. The average molecular weight is 391 g/mol. The molecule has 6 nitrogen and oxygen atoms in total. The monoisotopic (exact) mass is 390 g/mol. The second-order valence-corrected chi connectivity index (χ2v) is 8.44. The van der Waals surface area contributed by atoms with E-state index < -0.39 is 10.0 Å². The van der Waals surface area contributed by atoms with E-state index in [0.29, 0.717) is 24.7 Å². The maximum Gasteiger partial charge on any atom is 0.265 e. The summed E-state index contributed by atoms with van der Waals surface area (Å²) in [4.78, 5) is 2.33. The third kappa shape index (κ3) is 4.20. The fourth-order valence-corrected chi connectivity index (χ4v) is 4.43. The first-order valence-electron chi connectivity index (χ1n) is 8.93. The van der Waals surface area contributed by atoms with Crippen molar-refractivity contribution in [2.45, 2.75) is 25.7 Å². The van der Waals surface area contributed by atoms with Crippen molar-refractivity contribution in [1.29, 1.82) is 0 Å². The first-order valence-corrected chi connectivity index (χ1v) is 10.4. The third-order valence-electron chi connectivity index (χ3n) is 4.91. The zero-order valence-electron chi connectivity index (χ0n) is 16.2. The van der Waals surface area contributed by atoms with Crippen LogP contribution in [0.5, 0.6) is 5.75 Å². The lowest BCUT2D eigenvalue weighted by Gasteiger charge is -2.29. The molecule has 2 aromatic rings. The summed E-state index contributed by atoms with van der Waals surface area (Å²) in [5.41, 5.74) is 4.29. The normalized spacial score (nSPS) is 14.9. The van der Waals surface area contributed by atoms with Crippen LogP contribution in [-0.2, 0) is 14.8 Å². The molecule has 0 atom stereocenters. The van der Waals surface area contributed by atoms with Crippen molar-refractivity contribution in [2.75, 3.05) is 43.0 Å². The molecule has 1 fully saturated rings. The highest BCUT2D eigenvalue weighted by Crippen LogP contribution is 2.31. The van der Waals surface area contributed by atoms with E-state index >= 15 is 0 Å². The van der Waals surface area contributed by atoms with Gasteiger partial charge < -0.3 is 14.4 Å². The number of nitrogens with zero attached hydrogens (tertiary/aromatic N) is 1. The molecular weight excluding hydrogens is 364 g/mol. The van der Waals surface area contributed by atoms with Crippen LogP contribution in [0.3, 0.4) is 0 Å². The number of nitrogens with one attached hydrogen (secondary N) is 1. The van der Waals surface area contributed by atoms with Crippen LogP contribution in [0, 0.1) is 20.8 Å². The molecule has 1 N–H and O–H groups in total. The van der Waals surface area contributed by atoms with Gasteiger partial charge in [0, 0.05) is 18.8 Å². The summed E-state index contributed by atoms with van der Waals surface area (Å²) in [6.45, 7) is 8.64. The van der Waals surface area contributed by atoms with Gasteiger partial charge in [0.25, 0.3) is 10.0 Å². The number of ether oxygens (including phenoxy) is 2. The molecule has 1 heterocycles. The Labute approximate surface area is 161 Å². The van der Waals surface area contributed by atoms with Gasteiger partial charge in [0.2, 0.25) is 0 Å². The van der Waals surface area contributed by atoms with Crippen LogP contribution in [0.2, 0.25) is 0 Å². The van der Waals surface area contributed by atoms with E-state index in [-0.39, 0.29) is 4.90 Å². The van der Waals surface area contributed by atoms with Crippen LogP contribution < -0.4 is 14.4 Å². The number of methoxy groups -OCH3 is 1. The van der Waals surface area contributed by atoms with E-state index in [9.17, 15) is 8.42 Å². The van der Waals surface area contributed by atoms with Crippen LogP contribution in [0.15, 0.2) is 35.2 Å². The second-order valence-electron chi connectivity index (χ2n) is 6.79. The number of sulfonamides is 1. The van der Waals surface area contributed by atoms with E-state index in [4.69, 9.17) is 9.47 Å². The SMILES string of the molecule is COc1cc(C)c(C)cc1S(=O)(=O)Nc1cc(N2CCOCC2)ccc1C. The molecule has 27 heavy (non-hydrogen) atoms. The molecule has 0 saturated carbocycles. The van der Waals surface area contributed by atoms with Crippen LogP contribution >= 0.6 is 0 Å². The summed E-state index contributed by atoms with van der Waals surface area (Å²) < 4.78 is 39.6. The molecule has 1 aliphatic heterocycles. The van der Waals surface area contributed by atoms with Gasteiger partial charge in [-0.2, -0.15) is 0 Å². The lowest BCUT2D eigenvalue weighted by molar-refractivity contribution is 0.122. The van der Waals surface area contributed by atoms with Gasteiger partial charge in [-0.3, -0.25) is 4.72 Å². The summed E-state index contributed by atoms with van der Waals surface area (Å²) in [7, 11) is -2.30. The Hall–Kier alpha value is -2.25. The third-order valence-corrected chi connectivity index (χ3v) is 6.30. The minimum absolute atomic E-state index is 0.143. The van der Waals surface area contributed by atoms with Crippen molar-refractivity contribution in [2.24, 2.45) is 0 Å². The average Bonchev–Trinajstić information content (AvgIpc) is 2.65. The largest absolute Gasteiger partial charge is 0.495 e. The van der Waals surface area contributed by atoms with Crippen LogP contribution in [0.4, 0.5) is 11.4 Å². The smallest absolute Gasteiger partial charge is 0.265 e. The van der Waals surface area contributed by atoms with Gasteiger partial charge in [0.05, 0.1) is 26.0 Å². The van der Waals surface area contributed by atoms with Crippen molar-refractivity contribution in [3.8, 4) is 5.75 Å². The van der Waals surface area contributed by atoms with Gasteiger partial charge in [-0.05, 0) is 61.7 Å². The molecule has 2 aromatic carbocycles. The van der Waals surface area contributed by atoms with Crippen molar-refractivity contribution >= 4 is 21.4 Å². The van der Waals surface area contributed by atoms with Gasteiger partial charge in [0.1, 0.15) is 10.6 Å². The molecule has 0 spiro atoms. The summed E-state index contributed by atoms with van der Waals surface area (Å²) in [6.07, 6.45) is 0. The maximum atomic E-state index is 13.1. The van der Waals surface area contributed by atoms with Gasteiger partial charge in [0.15, 0.2) is 0 Å². The quantitative estimate of drug-likeness (QED) is 0.849. The maximum absolute atomic E-state index is 13.1. The van der Waals surface area contributed by atoms with Crippen LogP contribution in [0.25, 0.3) is 0 Å². The Bertz CT molecular complexity index is 935. The predicted molar refractivity (Wildman–Crippen MR) is 107 cm³/mol. The zero-order valence-corrected chi connectivity index (χ0v) is 17.0. The Morgan fingerprint density at radius 2 is 1.67 bits per heavy atom. The molecule has 0 radical (unpaired) electrons. The minimum atomic E-state index is -3.78. The van der Waals surface area contributed by atoms with Crippen molar-refractivity contribution in [1.82, 2.24) is 0 Å². The standard InChI is InChI=1S/C20H26N2O4S/c1-14-5-6-17(22-7-9-26-10-8-22)13-18(14)21-27(23,24)20-12-16(3)15(2)11-19(20)25-4/h5-6,11-13,21H,7-10H2,1-4H3. The van der Waals surface area contributed by atoms with Crippen molar-refractivity contribution < 1.29 is 17.9 Å². The first kappa shape index (κ1) is 19.5. The van der Waals surface area contributed by atoms with Gasteiger partial charge >= 0.3 is 0 Å². The number of aryl methyl sites for hydroxylation is 3. The number of benzene rings is 2. The fraction of sp³-hybridized carbons (Fsp3) is 0.400.